The molecule has 108 valence electrons. The fraction of sp³-hybridized carbons (Fsp3) is 0.267. The zero-order chi connectivity index (χ0) is 14.8. The van der Waals surface area contributed by atoms with E-state index in [1.807, 2.05) is 24.3 Å². The first-order valence-electron chi connectivity index (χ1n) is 6.86. The van der Waals surface area contributed by atoms with Gasteiger partial charge in [-0.1, -0.05) is 19.1 Å². The van der Waals surface area contributed by atoms with E-state index in [-0.39, 0.29) is 5.88 Å². The predicted molar refractivity (Wildman–Crippen MR) is 78.2 cm³/mol. The molecule has 0 saturated heterocycles. The van der Waals surface area contributed by atoms with E-state index in [0.717, 1.165) is 29.7 Å². The summed E-state index contributed by atoms with van der Waals surface area (Å²) in [4.78, 5) is 14.8. The second-order valence-electron chi connectivity index (χ2n) is 4.85. The number of para-hydroxylation sites is 2. The average molecular weight is 285 g/mol. The zero-order valence-corrected chi connectivity index (χ0v) is 11.7. The first-order chi connectivity index (χ1) is 10.2. The van der Waals surface area contributed by atoms with E-state index in [0.29, 0.717) is 12.3 Å². The maximum absolute atomic E-state index is 10.7. The molecule has 21 heavy (non-hydrogen) atoms. The summed E-state index contributed by atoms with van der Waals surface area (Å²) in [6.45, 7) is 2.55. The zero-order valence-electron chi connectivity index (χ0n) is 11.7. The number of rotatable bonds is 5. The van der Waals surface area contributed by atoms with Gasteiger partial charge in [-0.2, -0.15) is 0 Å². The van der Waals surface area contributed by atoms with Crippen molar-refractivity contribution in [2.24, 2.45) is 0 Å². The van der Waals surface area contributed by atoms with Crippen molar-refractivity contribution in [2.45, 2.75) is 26.3 Å². The molecule has 3 rings (SSSR count). The lowest BCUT2D eigenvalue weighted by Crippen LogP contribution is -2.04. The van der Waals surface area contributed by atoms with Crippen LogP contribution in [-0.4, -0.2) is 14.5 Å². The van der Waals surface area contributed by atoms with Gasteiger partial charge in [-0.05, 0) is 24.6 Å². The van der Waals surface area contributed by atoms with Crippen molar-refractivity contribution in [2.75, 3.05) is 0 Å². The van der Waals surface area contributed by atoms with Gasteiger partial charge in [-0.15, -0.1) is 0 Å². The SMILES string of the molecule is CCCc1nc2ccccc2n1Cc1ccc([N+](=O)[O-])o1. The van der Waals surface area contributed by atoms with Gasteiger partial charge in [0.25, 0.3) is 0 Å². The molecule has 0 spiro atoms. The van der Waals surface area contributed by atoms with E-state index in [2.05, 4.69) is 16.5 Å². The van der Waals surface area contributed by atoms with Crippen LogP contribution in [0.3, 0.4) is 0 Å². The molecule has 0 aliphatic heterocycles. The van der Waals surface area contributed by atoms with Gasteiger partial charge in [-0.25, -0.2) is 4.98 Å². The summed E-state index contributed by atoms with van der Waals surface area (Å²) in [6.07, 6.45) is 1.85. The Bertz CT molecular complexity index is 788. The molecule has 0 unspecified atom stereocenters. The Morgan fingerprint density at radius 3 is 2.81 bits per heavy atom. The standard InChI is InChI=1S/C15H15N3O3/c1-2-5-14-16-12-6-3-4-7-13(12)17(14)10-11-8-9-15(21-11)18(19)20/h3-4,6-9H,2,5,10H2,1H3. The van der Waals surface area contributed by atoms with Gasteiger partial charge in [0.2, 0.25) is 0 Å². The van der Waals surface area contributed by atoms with Gasteiger partial charge in [0.05, 0.1) is 23.6 Å². The number of hydrogen-bond acceptors (Lipinski definition) is 4. The highest BCUT2D eigenvalue weighted by atomic mass is 16.6. The predicted octanol–water partition coefficient (Wildman–Crippen LogP) is 3.54. The van der Waals surface area contributed by atoms with Crippen LogP contribution in [-0.2, 0) is 13.0 Å². The van der Waals surface area contributed by atoms with E-state index >= 15 is 0 Å². The molecular weight excluding hydrogens is 270 g/mol. The molecule has 0 saturated carbocycles. The molecule has 6 heteroatoms. The monoisotopic (exact) mass is 285 g/mol. The number of aryl methyl sites for hydroxylation is 1. The number of hydrogen-bond donors (Lipinski definition) is 0. The van der Waals surface area contributed by atoms with Crippen LogP contribution in [0, 0.1) is 10.1 Å². The first-order valence-corrected chi connectivity index (χ1v) is 6.86. The average Bonchev–Trinajstić information content (AvgIpc) is 3.06. The number of imidazole rings is 1. The summed E-state index contributed by atoms with van der Waals surface area (Å²) in [5.74, 6) is 1.30. The quantitative estimate of drug-likeness (QED) is 0.531. The maximum atomic E-state index is 10.7. The third-order valence-corrected chi connectivity index (χ3v) is 3.35. The van der Waals surface area contributed by atoms with Crippen molar-refractivity contribution in [1.29, 1.82) is 0 Å². The van der Waals surface area contributed by atoms with Crippen LogP contribution in [0.5, 0.6) is 0 Å². The topological polar surface area (TPSA) is 74.1 Å². The molecule has 6 nitrogen and oxygen atoms in total. The Morgan fingerprint density at radius 2 is 2.10 bits per heavy atom. The molecule has 2 aromatic heterocycles. The molecule has 0 amide bonds. The van der Waals surface area contributed by atoms with E-state index in [4.69, 9.17) is 4.42 Å². The minimum Gasteiger partial charge on any atom is -0.404 e. The minimum absolute atomic E-state index is 0.230. The van der Waals surface area contributed by atoms with Crippen molar-refractivity contribution < 1.29 is 9.34 Å². The van der Waals surface area contributed by atoms with Crippen LogP contribution in [0.4, 0.5) is 5.88 Å². The Hall–Kier alpha value is -2.63. The highest BCUT2D eigenvalue weighted by molar-refractivity contribution is 5.76. The molecule has 1 aromatic carbocycles. The molecule has 0 fully saturated rings. The number of nitrogens with zero attached hydrogens (tertiary/aromatic N) is 3. The second kappa shape index (κ2) is 5.40. The van der Waals surface area contributed by atoms with E-state index < -0.39 is 4.92 Å². The smallest absolute Gasteiger partial charge is 0.404 e. The van der Waals surface area contributed by atoms with E-state index in [1.165, 1.54) is 6.07 Å². The molecular formula is C15H15N3O3. The summed E-state index contributed by atoms with van der Waals surface area (Å²) in [6, 6.07) is 10.9. The van der Waals surface area contributed by atoms with Crippen LogP contribution < -0.4 is 0 Å². The van der Waals surface area contributed by atoms with E-state index in [9.17, 15) is 10.1 Å². The third kappa shape index (κ3) is 2.52. The van der Waals surface area contributed by atoms with Crippen LogP contribution in [0.1, 0.15) is 24.9 Å². The minimum atomic E-state index is -0.525. The van der Waals surface area contributed by atoms with Crippen molar-refractivity contribution in [3.05, 3.63) is 58.1 Å². The lowest BCUT2D eigenvalue weighted by molar-refractivity contribution is -0.402. The number of nitro groups is 1. The van der Waals surface area contributed by atoms with Crippen LogP contribution in [0.25, 0.3) is 11.0 Å². The van der Waals surface area contributed by atoms with Gasteiger partial charge < -0.3 is 8.98 Å². The summed E-state index contributed by atoms with van der Waals surface area (Å²) < 4.78 is 7.31. The number of fused-ring (bicyclic) bond motifs is 1. The largest absolute Gasteiger partial charge is 0.433 e. The van der Waals surface area contributed by atoms with Gasteiger partial charge >= 0.3 is 5.88 Å². The second-order valence-corrected chi connectivity index (χ2v) is 4.85. The molecule has 0 radical (unpaired) electrons. The molecule has 0 N–H and O–H groups in total. The Kier molecular flexibility index (Phi) is 3.43. The molecule has 0 aliphatic carbocycles. The highest BCUT2D eigenvalue weighted by Crippen LogP contribution is 2.21. The van der Waals surface area contributed by atoms with Crippen molar-refractivity contribution in [3.8, 4) is 0 Å². The van der Waals surface area contributed by atoms with Crippen molar-refractivity contribution in [1.82, 2.24) is 9.55 Å². The lowest BCUT2D eigenvalue weighted by Gasteiger charge is -2.06. The Morgan fingerprint density at radius 1 is 1.29 bits per heavy atom. The summed E-state index contributed by atoms with van der Waals surface area (Å²) in [5, 5.41) is 10.7. The van der Waals surface area contributed by atoms with Gasteiger partial charge in [0.15, 0.2) is 0 Å². The van der Waals surface area contributed by atoms with Gasteiger partial charge in [0, 0.05) is 6.42 Å². The van der Waals surface area contributed by atoms with Gasteiger partial charge in [0.1, 0.15) is 16.5 Å². The fourth-order valence-electron chi connectivity index (χ4n) is 2.42. The highest BCUT2D eigenvalue weighted by Gasteiger charge is 2.15. The molecule has 0 aliphatic rings. The molecule has 0 bridgehead atoms. The third-order valence-electron chi connectivity index (χ3n) is 3.35. The number of aromatic nitrogens is 2. The fourth-order valence-corrected chi connectivity index (χ4v) is 2.42. The van der Waals surface area contributed by atoms with Gasteiger partial charge in [-0.3, -0.25) is 10.1 Å². The summed E-state index contributed by atoms with van der Waals surface area (Å²) in [5.41, 5.74) is 1.95. The first kappa shape index (κ1) is 13.4. The molecule has 0 atom stereocenters. The number of benzene rings is 1. The van der Waals surface area contributed by atoms with Crippen LogP contribution in [0.2, 0.25) is 0 Å². The Balaban J connectivity index is 2.01. The van der Waals surface area contributed by atoms with Crippen LogP contribution in [0.15, 0.2) is 40.8 Å². The molecule has 2 heterocycles. The summed E-state index contributed by atoms with van der Waals surface area (Å²) in [7, 11) is 0. The lowest BCUT2D eigenvalue weighted by atomic mass is 10.3. The van der Waals surface area contributed by atoms with E-state index in [1.54, 1.807) is 6.07 Å². The van der Waals surface area contributed by atoms with Crippen molar-refractivity contribution >= 4 is 16.9 Å². The summed E-state index contributed by atoms with van der Waals surface area (Å²) >= 11 is 0. The Labute approximate surface area is 121 Å². The number of furan rings is 1. The van der Waals surface area contributed by atoms with Crippen LogP contribution >= 0.6 is 0 Å². The maximum Gasteiger partial charge on any atom is 0.433 e. The molecule has 3 aromatic rings. The normalized spacial score (nSPS) is 11.1. The van der Waals surface area contributed by atoms with Crippen molar-refractivity contribution in [3.63, 3.8) is 0 Å².